The van der Waals surface area contributed by atoms with E-state index in [0.29, 0.717) is 5.75 Å². The molecule has 2 atom stereocenters. The van der Waals surface area contributed by atoms with Crippen LogP contribution in [0.3, 0.4) is 0 Å². The summed E-state index contributed by atoms with van der Waals surface area (Å²) in [5, 5.41) is 15.2. The van der Waals surface area contributed by atoms with Crippen molar-refractivity contribution < 1.29 is 9.84 Å². The van der Waals surface area contributed by atoms with Crippen LogP contribution < -0.4 is 4.74 Å². The number of likely N-dealkylation sites (N-methyl/N-ethyl adjacent to an activating group) is 1. The summed E-state index contributed by atoms with van der Waals surface area (Å²) in [4.78, 5) is 2.11. The average Bonchev–Trinajstić information content (AvgIpc) is 2.88. The molecule has 0 fully saturated rings. The Balaban J connectivity index is 2.93. The van der Waals surface area contributed by atoms with Crippen molar-refractivity contribution in [3.05, 3.63) is 11.9 Å². The van der Waals surface area contributed by atoms with Gasteiger partial charge in [0.25, 0.3) is 0 Å². The molecule has 0 radical (unpaired) electrons. The normalized spacial score (nSPS) is 14.4. The number of hydrogen-bond acceptors (Lipinski definition) is 4. The van der Waals surface area contributed by atoms with Crippen LogP contribution in [-0.4, -0.2) is 47.5 Å². The highest BCUT2D eigenvalue weighted by molar-refractivity contribution is 5.27. The minimum atomic E-state index is -0.513. The van der Waals surface area contributed by atoms with Crippen LogP contribution >= 0.6 is 0 Å². The molecule has 1 N–H and O–H groups in total. The first-order valence-corrected chi connectivity index (χ1v) is 7.97. The molecule has 0 aliphatic heterocycles. The summed E-state index contributed by atoms with van der Waals surface area (Å²) in [6.07, 6.45) is 5.49. The highest BCUT2D eigenvalue weighted by Crippen LogP contribution is 2.34. The van der Waals surface area contributed by atoms with E-state index in [0.717, 1.165) is 44.5 Å². The molecule has 0 aliphatic rings. The Morgan fingerprint density at radius 2 is 2.10 bits per heavy atom. The first-order valence-electron chi connectivity index (χ1n) is 7.97. The first kappa shape index (κ1) is 18.0. The number of nitrogens with zero attached hydrogens (tertiary/aromatic N) is 3. The maximum Gasteiger partial charge on any atom is 0.162 e. The number of aliphatic hydroxyl groups excluding tert-OH is 1. The van der Waals surface area contributed by atoms with Crippen LogP contribution in [0, 0.1) is 5.92 Å². The van der Waals surface area contributed by atoms with Crippen molar-refractivity contribution in [2.45, 2.75) is 52.2 Å². The Bertz CT molecular complexity index is 404. The summed E-state index contributed by atoms with van der Waals surface area (Å²) in [5.41, 5.74) is 0.822. The highest BCUT2D eigenvalue weighted by atomic mass is 16.5. The zero-order valence-corrected chi connectivity index (χ0v) is 14.2. The lowest BCUT2D eigenvalue weighted by Gasteiger charge is -2.23. The van der Waals surface area contributed by atoms with Crippen molar-refractivity contribution >= 4 is 0 Å². The van der Waals surface area contributed by atoms with E-state index in [1.165, 1.54) is 0 Å². The maximum atomic E-state index is 10.8. The van der Waals surface area contributed by atoms with Gasteiger partial charge in [-0.25, -0.2) is 0 Å². The molecule has 0 bridgehead atoms. The summed E-state index contributed by atoms with van der Waals surface area (Å²) in [5.74, 6) is 0.949. The van der Waals surface area contributed by atoms with Gasteiger partial charge >= 0.3 is 0 Å². The van der Waals surface area contributed by atoms with Gasteiger partial charge in [0.2, 0.25) is 0 Å². The summed E-state index contributed by atoms with van der Waals surface area (Å²) in [6, 6.07) is 0. The van der Waals surface area contributed by atoms with E-state index in [1.54, 1.807) is 13.3 Å². The van der Waals surface area contributed by atoms with Crippen LogP contribution in [0.25, 0.3) is 0 Å². The largest absolute Gasteiger partial charge is 0.493 e. The molecule has 5 nitrogen and oxygen atoms in total. The van der Waals surface area contributed by atoms with Gasteiger partial charge in [-0.05, 0) is 26.4 Å². The lowest BCUT2D eigenvalue weighted by Crippen LogP contribution is -2.23. The minimum Gasteiger partial charge on any atom is -0.493 e. The van der Waals surface area contributed by atoms with Crippen molar-refractivity contribution in [2.24, 2.45) is 5.92 Å². The fraction of sp³-hybridized carbons (Fsp3) is 0.812. The van der Waals surface area contributed by atoms with Gasteiger partial charge in [-0.15, -0.1) is 0 Å². The van der Waals surface area contributed by atoms with E-state index in [-0.39, 0.29) is 5.92 Å². The standard InChI is InChI=1S/C16H31N3O2/c1-6-8-9-13(7-2)16(20)15-14(21-5)12-17-19(15)11-10-18(3)4/h12-13,16,20H,6-11H2,1-5H3. The SMILES string of the molecule is CCCCC(CC)C(O)c1c(OC)cnn1CCN(C)C. The fourth-order valence-electron chi connectivity index (χ4n) is 2.58. The number of hydrogen-bond donors (Lipinski definition) is 1. The third-order valence-corrected chi connectivity index (χ3v) is 4.00. The van der Waals surface area contributed by atoms with Crippen molar-refractivity contribution in [1.29, 1.82) is 0 Å². The van der Waals surface area contributed by atoms with E-state index < -0.39 is 6.10 Å². The Labute approximate surface area is 128 Å². The third-order valence-electron chi connectivity index (χ3n) is 4.00. The zero-order valence-electron chi connectivity index (χ0n) is 14.2. The van der Waals surface area contributed by atoms with Crippen molar-refractivity contribution in [1.82, 2.24) is 14.7 Å². The van der Waals surface area contributed by atoms with Gasteiger partial charge in [0.1, 0.15) is 11.8 Å². The number of methoxy groups -OCH3 is 1. The average molecular weight is 297 g/mol. The molecular weight excluding hydrogens is 266 g/mol. The van der Waals surface area contributed by atoms with Gasteiger partial charge in [-0.2, -0.15) is 5.10 Å². The molecule has 1 heterocycles. The summed E-state index contributed by atoms with van der Waals surface area (Å²) < 4.78 is 7.28. The van der Waals surface area contributed by atoms with Gasteiger partial charge in [0.05, 0.1) is 19.9 Å². The third kappa shape index (κ3) is 5.00. The Kier molecular flexibility index (Phi) is 7.75. The van der Waals surface area contributed by atoms with Gasteiger partial charge in [-0.3, -0.25) is 4.68 Å². The van der Waals surface area contributed by atoms with Gasteiger partial charge in [0, 0.05) is 6.54 Å². The lowest BCUT2D eigenvalue weighted by atomic mass is 9.91. The van der Waals surface area contributed by atoms with E-state index in [1.807, 2.05) is 18.8 Å². The second-order valence-corrected chi connectivity index (χ2v) is 5.88. The van der Waals surface area contributed by atoms with Crippen LogP contribution in [0.15, 0.2) is 6.20 Å². The predicted octanol–water partition coefficient (Wildman–Crippen LogP) is 2.70. The number of ether oxygens (including phenoxy) is 1. The quantitative estimate of drug-likeness (QED) is 0.721. The molecule has 2 unspecified atom stereocenters. The second-order valence-electron chi connectivity index (χ2n) is 5.88. The number of rotatable bonds is 10. The van der Waals surface area contributed by atoms with E-state index in [9.17, 15) is 5.11 Å². The predicted molar refractivity (Wildman–Crippen MR) is 85.6 cm³/mol. The molecule has 1 rings (SSSR count). The number of aliphatic hydroxyl groups is 1. The molecule has 5 heteroatoms. The van der Waals surface area contributed by atoms with Crippen molar-refractivity contribution in [3.63, 3.8) is 0 Å². The molecule has 0 saturated carbocycles. The molecule has 1 aromatic heterocycles. The van der Waals surface area contributed by atoms with Gasteiger partial charge < -0.3 is 14.7 Å². The molecule has 0 amide bonds. The van der Waals surface area contributed by atoms with Crippen molar-refractivity contribution in [2.75, 3.05) is 27.7 Å². The molecule has 21 heavy (non-hydrogen) atoms. The smallest absolute Gasteiger partial charge is 0.162 e. The summed E-state index contributed by atoms with van der Waals surface area (Å²) in [6.45, 7) is 5.96. The van der Waals surface area contributed by atoms with Crippen LogP contribution in [0.5, 0.6) is 5.75 Å². The number of unbranched alkanes of at least 4 members (excludes halogenated alkanes) is 1. The molecule has 1 aromatic rings. The second kappa shape index (κ2) is 9.05. The van der Waals surface area contributed by atoms with Crippen LogP contribution in [0.1, 0.15) is 51.3 Å². The maximum absolute atomic E-state index is 10.8. The van der Waals surface area contributed by atoms with Crippen LogP contribution in [0.4, 0.5) is 0 Å². The summed E-state index contributed by atoms with van der Waals surface area (Å²) >= 11 is 0. The van der Waals surface area contributed by atoms with Crippen LogP contribution in [0.2, 0.25) is 0 Å². The van der Waals surface area contributed by atoms with E-state index in [4.69, 9.17) is 4.74 Å². The molecule has 0 saturated heterocycles. The zero-order chi connectivity index (χ0) is 15.8. The highest BCUT2D eigenvalue weighted by Gasteiger charge is 2.26. The topological polar surface area (TPSA) is 50.5 Å². The minimum absolute atomic E-state index is 0.258. The Hall–Kier alpha value is -1.07. The molecule has 0 aliphatic carbocycles. The molecule has 122 valence electrons. The van der Waals surface area contributed by atoms with E-state index in [2.05, 4.69) is 23.8 Å². The fourth-order valence-corrected chi connectivity index (χ4v) is 2.58. The Morgan fingerprint density at radius 1 is 1.38 bits per heavy atom. The molecular formula is C16H31N3O2. The Morgan fingerprint density at radius 3 is 2.62 bits per heavy atom. The van der Waals surface area contributed by atoms with E-state index >= 15 is 0 Å². The van der Waals surface area contributed by atoms with Crippen LogP contribution in [-0.2, 0) is 6.54 Å². The lowest BCUT2D eigenvalue weighted by molar-refractivity contribution is 0.0868. The van der Waals surface area contributed by atoms with Crippen molar-refractivity contribution in [3.8, 4) is 5.75 Å². The summed E-state index contributed by atoms with van der Waals surface area (Å²) in [7, 11) is 5.70. The monoisotopic (exact) mass is 297 g/mol. The molecule has 0 aromatic carbocycles. The first-order chi connectivity index (χ1) is 10.0. The van der Waals surface area contributed by atoms with Gasteiger partial charge in [-0.1, -0.05) is 33.1 Å². The number of aromatic nitrogens is 2. The molecule has 0 spiro atoms. The van der Waals surface area contributed by atoms with Gasteiger partial charge in [0.15, 0.2) is 5.75 Å².